The van der Waals surface area contributed by atoms with Crippen molar-refractivity contribution in [1.82, 2.24) is 9.97 Å². The van der Waals surface area contributed by atoms with Gasteiger partial charge in [0.2, 0.25) is 5.88 Å². The molecule has 82 valence electrons. The molecule has 0 aromatic carbocycles. The first-order valence-electron chi connectivity index (χ1n) is 5.06. The number of anilines is 1. The molecule has 0 aliphatic carbocycles. The van der Waals surface area contributed by atoms with Crippen molar-refractivity contribution in [2.45, 2.75) is 6.42 Å². The molecule has 0 radical (unpaired) electrons. The molecule has 1 aromatic heterocycles. The Morgan fingerprint density at radius 2 is 2.53 bits per heavy atom. The third-order valence-electron chi connectivity index (χ3n) is 2.45. The van der Waals surface area contributed by atoms with Crippen molar-refractivity contribution in [3.8, 4) is 5.88 Å². The summed E-state index contributed by atoms with van der Waals surface area (Å²) in [6.07, 6.45) is 2.82. The van der Waals surface area contributed by atoms with E-state index in [-0.39, 0.29) is 0 Å². The van der Waals surface area contributed by atoms with E-state index in [1.165, 1.54) is 24.3 Å². The Kier molecular flexibility index (Phi) is 3.66. The smallest absolute Gasteiger partial charge is 0.218 e. The number of hydrogen-bond acceptors (Lipinski definition) is 5. The molecule has 0 spiro atoms. The van der Waals surface area contributed by atoms with Crippen LogP contribution in [0.4, 0.5) is 5.82 Å². The zero-order valence-electron chi connectivity index (χ0n) is 8.77. The number of hydrogen-bond donors (Lipinski definition) is 1. The molecule has 0 bridgehead atoms. The summed E-state index contributed by atoms with van der Waals surface area (Å²) >= 11 is 2.03. The molecular formula is C10H15N3OS. The highest BCUT2D eigenvalue weighted by Crippen LogP contribution is 2.23. The molecule has 2 rings (SSSR count). The average molecular weight is 225 g/mol. The van der Waals surface area contributed by atoms with E-state index in [9.17, 15) is 0 Å². The molecule has 1 aromatic rings. The summed E-state index contributed by atoms with van der Waals surface area (Å²) in [5.41, 5.74) is 0. The minimum atomic E-state index is 0.605. The number of rotatable bonds is 4. The summed E-state index contributed by atoms with van der Waals surface area (Å²) in [4.78, 5) is 8.10. The van der Waals surface area contributed by atoms with E-state index in [4.69, 9.17) is 4.74 Å². The normalized spacial score (nSPS) is 20.2. The molecule has 1 N–H and O–H groups in total. The van der Waals surface area contributed by atoms with Gasteiger partial charge in [0, 0.05) is 12.6 Å². The van der Waals surface area contributed by atoms with Crippen LogP contribution in [-0.2, 0) is 0 Å². The molecule has 15 heavy (non-hydrogen) atoms. The first-order chi connectivity index (χ1) is 7.38. The standard InChI is InChI=1S/C10H15N3OS/c1-14-10-4-9(12-7-13-10)11-5-8-2-3-15-6-8/h4,7-8H,2-3,5-6H2,1H3,(H,11,12,13). The first kappa shape index (κ1) is 10.5. The molecular weight excluding hydrogens is 210 g/mol. The number of ether oxygens (including phenoxy) is 1. The molecule has 1 aliphatic heterocycles. The van der Waals surface area contributed by atoms with Crippen molar-refractivity contribution in [1.29, 1.82) is 0 Å². The first-order valence-corrected chi connectivity index (χ1v) is 6.21. The Labute approximate surface area is 93.8 Å². The van der Waals surface area contributed by atoms with E-state index in [0.29, 0.717) is 5.88 Å². The summed E-state index contributed by atoms with van der Waals surface area (Å²) in [5, 5.41) is 3.32. The third kappa shape index (κ3) is 2.99. The highest BCUT2D eigenvalue weighted by atomic mass is 32.2. The monoisotopic (exact) mass is 225 g/mol. The minimum absolute atomic E-state index is 0.605. The zero-order valence-corrected chi connectivity index (χ0v) is 9.59. The Bertz CT molecular complexity index is 315. The number of aromatic nitrogens is 2. The van der Waals surface area contributed by atoms with Gasteiger partial charge in [-0.15, -0.1) is 0 Å². The van der Waals surface area contributed by atoms with Crippen molar-refractivity contribution in [3.05, 3.63) is 12.4 Å². The van der Waals surface area contributed by atoms with E-state index in [2.05, 4.69) is 15.3 Å². The molecule has 1 unspecified atom stereocenters. The largest absolute Gasteiger partial charge is 0.481 e. The number of nitrogens with zero attached hydrogens (tertiary/aromatic N) is 2. The summed E-state index contributed by atoms with van der Waals surface area (Å²) in [7, 11) is 1.61. The second kappa shape index (κ2) is 5.21. The van der Waals surface area contributed by atoms with Crippen LogP contribution in [0.15, 0.2) is 12.4 Å². The van der Waals surface area contributed by atoms with Crippen LogP contribution in [0.2, 0.25) is 0 Å². The van der Waals surface area contributed by atoms with Gasteiger partial charge in [-0.1, -0.05) is 0 Å². The fourth-order valence-corrected chi connectivity index (χ4v) is 2.83. The van der Waals surface area contributed by atoms with E-state index >= 15 is 0 Å². The lowest BCUT2D eigenvalue weighted by molar-refractivity contribution is 0.397. The van der Waals surface area contributed by atoms with Crippen LogP contribution in [0, 0.1) is 5.92 Å². The van der Waals surface area contributed by atoms with Crippen LogP contribution >= 0.6 is 11.8 Å². The maximum Gasteiger partial charge on any atom is 0.218 e. The molecule has 0 saturated carbocycles. The van der Waals surface area contributed by atoms with E-state index < -0.39 is 0 Å². The molecule has 4 nitrogen and oxygen atoms in total. The molecule has 1 atom stereocenters. The topological polar surface area (TPSA) is 47.0 Å². The van der Waals surface area contributed by atoms with Gasteiger partial charge < -0.3 is 10.1 Å². The summed E-state index contributed by atoms with van der Waals surface area (Å²) in [6, 6.07) is 1.82. The van der Waals surface area contributed by atoms with Gasteiger partial charge in [-0.3, -0.25) is 0 Å². The number of methoxy groups -OCH3 is 1. The van der Waals surface area contributed by atoms with Gasteiger partial charge in [-0.25, -0.2) is 9.97 Å². The maximum absolute atomic E-state index is 5.03. The highest BCUT2D eigenvalue weighted by molar-refractivity contribution is 7.99. The Morgan fingerprint density at radius 1 is 1.60 bits per heavy atom. The summed E-state index contributed by atoms with van der Waals surface area (Å²) in [6.45, 7) is 0.993. The van der Waals surface area contributed by atoms with Gasteiger partial charge in [0.05, 0.1) is 7.11 Å². The molecule has 1 aliphatic rings. The SMILES string of the molecule is COc1cc(NCC2CCSC2)ncn1. The van der Waals surface area contributed by atoms with Gasteiger partial charge in [0.15, 0.2) is 0 Å². The van der Waals surface area contributed by atoms with Crippen LogP contribution in [0.5, 0.6) is 5.88 Å². The number of thioether (sulfide) groups is 1. The maximum atomic E-state index is 5.03. The van der Waals surface area contributed by atoms with E-state index in [0.717, 1.165) is 18.3 Å². The minimum Gasteiger partial charge on any atom is -0.481 e. The third-order valence-corrected chi connectivity index (χ3v) is 3.68. The van der Waals surface area contributed by atoms with Gasteiger partial charge >= 0.3 is 0 Å². The Morgan fingerprint density at radius 3 is 3.27 bits per heavy atom. The summed E-state index contributed by atoms with van der Waals surface area (Å²) in [5.74, 6) is 4.78. The van der Waals surface area contributed by atoms with Gasteiger partial charge in [0.25, 0.3) is 0 Å². The Balaban J connectivity index is 1.86. The molecule has 5 heteroatoms. The second-order valence-corrected chi connectivity index (χ2v) is 4.71. The van der Waals surface area contributed by atoms with E-state index in [1.54, 1.807) is 7.11 Å². The fraction of sp³-hybridized carbons (Fsp3) is 0.600. The van der Waals surface area contributed by atoms with Crippen LogP contribution in [0.25, 0.3) is 0 Å². The summed E-state index contributed by atoms with van der Waals surface area (Å²) < 4.78 is 5.03. The quantitative estimate of drug-likeness (QED) is 0.844. The van der Waals surface area contributed by atoms with Gasteiger partial charge in [-0.2, -0.15) is 11.8 Å². The van der Waals surface area contributed by atoms with E-state index in [1.807, 2.05) is 17.8 Å². The van der Waals surface area contributed by atoms with Gasteiger partial charge in [-0.05, 0) is 23.8 Å². The fourth-order valence-electron chi connectivity index (χ4n) is 1.54. The molecule has 0 amide bonds. The molecule has 2 heterocycles. The Hall–Kier alpha value is -0.970. The van der Waals surface area contributed by atoms with Crippen molar-refractivity contribution in [2.75, 3.05) is 30.5 Å². The van der Waals surface area contributed by atoms with Crippen molar-refractivity contribution >= 4 is 17.6 Å². The average Bonchev–Trinajstić information content (AvgIpc) is 2.79. The lowest BCUT2D eigenvalue weighted by Crippen LogP contribution is -2.14. The molecule has 1 fully saturated rings. The lowest BCUT2D eigenvalue weighted by Gasteiger charge is -2.10. The van der Waals surface area contributed by atoms with Gasteiger partial charge in [0.1, 0.15) is 12.1 Å². The lowest BCUT2D eigenvalue weighted by atomic mass is 10.1. The predicted octanol–water partition coefficient (Wildman–Crippen LogP) is 1.65. The van der Waals surface area contributed by atoms with Crippen LogP contribution in [0.1, 0.15) is 6.42 Å². The van der Waals surface area contributed by atoms with Crippen LogP contribution in [-0.4, -0.2) is 35.1 Å². The number of nitrogens with one attached hydrogen (secondary N) is 1. The predicted molar refractivity (Wildman–Crippen MR) is 62.5 cm³/mol. The van der Waals surface area contributed by atoms with Crippen LogP contribution < -0.4 is 10.1 Å². The van der Waals surface area contributed by atoms with Crippen molar-refractivity contribution in [2.24, 2.45) is 5.92 Å². The second-order valence-electron chi connectivity index (χ2n) is 3.56. The van der Waals surface area contributed by atoms with Crippen LogP contribution in [0.3, 0.4) is 0 Å². The van der Waals surface area contributed by atoms with Crippen molar-refractivity contribution < 1.29 is 4.74 Å². The zero-order chi connectivity index (χ0) is 10.5. The van der Waals surface area contributed by atoms with Crippen molar-refractivity contribution in [3.63, 3.8) is 0 Å². The molecule has 1 saturated heterocycles. The highest BCUT2D eigenvalue weighted by Gasteiger charge is 2.15.